The van der Waals surface area contributed by atoms with E-state index in [1.807, 2.05) is 29.2 Å². The van der Waals surface area contributed by atoms with E-state index in [1.54, 1.807) is 24.0 Å². The summed E-state index contributed by atoms with van der Waals surface area (Å²) >= 11 is 0. The van der Waals surface area contributed by atoms with Crippen LogP contribution in [0, 0.1) is 18.7 Å². The van der Waals surface area contributed by atoms with Crippen molar-refractivity contribution in [2.24, 2.45) is 5.92 Å². The molecule has 0 bridgehead atoms. The summed E-state index contributed by atoms with van der Waals surface area (Å²) in [5, 5.41) is 0. The number of carbonyl (C=O) groups excluding carboxylic acids is 2. The summed E-state index contributed by atoms with van der Waals surface area (Å²) < 4.78 is 19.8. The van der Waals surface area contributed by atoms with Crippen molar-refractivity contribution in [3.05, 3.63) is 65.0 Å². The van der Waals surface area contributed by atoms with Gasteiger partial charge in [-0.05, 0) is 81.0 Å². The first-order valence-electron chi connectivity index (χ1n) is 11.6. The van der Waals surface area contributed by atoms with Crippen LogP contribution in [0.15, 0.2) is 42.5 Å². The maximum Gasteiger partial charge on any atom is 0.253 e. The van der Waals surface area contributed by atoms with Gasteiger partial charge in [-0.25, -0.2) is 4.39 Å². The van der Waals surface area contributed by atoms with Gasteiger partial charge in [0.1, 0.15) is 11.6 Å². The quantitative estimate of drug-likeness (QED) is 0.680. The number of likely N-dealkylation sites (tertiary alicyclic amines) is 2. The summed E-state index contributed by atoms with van der Waals surface area (Å²) in [4.78, 5) is 29.1. The van der Waals surface area contributed by atoms with E-state index < -0.39 is 0 Å². The maximum absolute atomic E-state index is 13.9. The molecule has 2 amide bonds. The third kappa shape index (κ3) is 5.29. The monoisotopic (exact) mass is 438 g/mol. The number of hydrogen-bond acceptors (Lipinski definition) is 3. The molecule has 0 saturated carbocycles. The number of halogens is 1. The summed E-state index contributed by atoms with van der Waals surface area (Å²) in [6, 6.07) is 12.0. The number of aryl methyl sites for hydroxylation is 1. The van der Waals surface area contributed by atoms with Gasteiger partial charge in [0.15, 0.2) is 0 Å². The van der Waals surface area contributed by atoms with Crippen molar-refractivity contribution in [1.82, 2.24) is 9.80 Å². The second kappa shape index (κ2) is 10.2. The van der Waals surface area contributed by atoms with Crippen molar-refractivity contribution >= 4 is 11.8 Å². The Kier molecular flexibility index (Phi) is 7.08. The van der Waals surface area contributed by atoms with Gasteiger partial charge in [0.2, 0.25) is 0 Å². The van der Waals surface area contributed by atoms with Gasteiger partial charge in [-0.2, -0.15) is 0 Å². The van der Waals surface area contributed by atoms with E-state index >= 15 is 0 Å². The molecule has 2 fully saturated rings. The fourth-order valence-corrected chi connectivity index (χ4v) is 4.48. The van der Waals surface area contributed by atoms with E-state index in [1.165, 1.54) is 12.5 Å². The molecule has 2 heterocycles. The Hall–Kier alpha value is -2.89. The highest BCUT2D eigenvalue weighted by atomic mass is 19.1. The molecule has 170 valence electrons. The third-order valence-electron chi connectivity index (χ3n) is 6.46. The standard InChI is InChI=1S/C26H31FN2O3/c1-19-7-8-22(16-24(19)27)26(31)29-15-5-6-20(17-29)18-32-23-11-9-21(10-12-23)25(30)28-13-3-2-4-14-28/h7-12,16,20H,2-6,13-15,17-18H2,1H3. The number of rotatable bonds is 5. The zero-order valence-corrected chi connectivity index (χ0v) is 18.7. The van der Waals surface area contributed by atoms with Crippen LogP contribution in [0.3, 0.4) is 0 Å². The van der Waals surface area contributed by atoms with E-state index in [4.69, 9.17) is 4.74 Å². The lowest BCUT2D eigenvalue weighted by Gasteiger charge is -2.32. The second-order valence-electron chi connectivity index (χ2n) is 8.91. The van der Waals surface area contributed by atoms with Gasteiger partial charge in [-0.1, -0.05) is 6.07 Å². The Bertz CT molecular complexity index is 954. The zero-order valence-electron chi connectivity index (χ0n) is 18.7. The molecule has 4 rings (SSSR count). The van der Waals surface area contributed by atoms with E-state index in [0.717, 1.165) is 44.5 Å². The highest BCUT2D eigenvalue weighted by Gasteiger charge is 2.25. The smallest absolute Gasteiger partial charge is 0.253 e. The van der Waals surface area contributed by atoms with E-state index in [-0.39, 0.29) is 23.5 Å². The lowest BCUT2D eigenvalue weighted by molar-refractivity contribution is 0.0632. The molecule has 0 aromatic heterocycles. The zero-order chi connectivity index (χ0) is 22.5. The van der Waals surface area contributed by atoms with Crippen LogP contribution >= 0.6 is 0 Å². The summed E-state index contributed by atoms with van der Waals surface area (Å²) in [6.07, 6.45) is 5.23. The minimum absolute atomic E-state index is 0.0882. The summed E-state index contributed by atoms with van der Waals surface area (Å²) in [7, 11) is 0. The number of carbonyl (C=O) groups is 2. The first-order chi connectivity index (χ1) is 15.5. The SMILES string of the molecule is Cc1ccc(C(=O)N2CCCC(COc3ccc(C(=O)N4CCCCC4)cc3)C2)cc1F. The van der Waals surface area contributed by atoms with Crippen LogP contribution in [0.4, 0.5) is 4.39 Å². The predicted molar refractivity (Wildman–Crippen MR) is 121 cm³/mol. The molecule has 2 aromatic rings. The minimum Gasteiger partial charge on any atom is -0.493 e. The molecule has 2 aliphatic rings. The Labute approximate surface area is 189 Å². The molecule has 0 N–H and O–H groups in total. The molecule has 0 aliphatic carbocycles. The number of ether oxygens (including phenoxy) is 1. The minimum atomic E-state index is -0.352. The predicted octanol–water partition coefficient (Wildman–Crippen LogP) is 4.69. The largest absolute Gasteiger partial charge is 0.493 e. The number of hydrogen-bond donors (Lipinski definition) is 0. The molecule has 1 unspecified atom stereocenters. The topological polar surface area (TPSA) is 49.9 Å². The molecular weight excluding hydrogens is 407 g/mol. The van der Waals surface area contributed by atoms with Crippen molar-refractivity contribution in [3.63, 3.8) is 0 Å². The van der Waals surface area contributed by atoms with Gasteiger partial charge in [0.25, 0.3) is 11.8 Å². The fourth-order valence-electron chi connectivity index (χ4n) is 4.48. The number of benzene rings is 2. The van der Waals surface area contributed by atoms with Crippen LogP contribution in [0.5, 0.6) is 5.75 Å². The van der Waals surface area contributed by atoms with Crippen molar-refractivity contribution < 1.29 is 18.7 Å². The molecule has 2 aromatic carbocycles. The molecule has 2 saturated heterocycles. The van der Waals surface area contributed by atoms with Crippen molar-refractivity contribution in [1.29, 1.82) is 0 Å². The maximum atomic E-state index is 13.9. The van der Waals surface area contributed by atoms with Crippen LogP contribution in [0.2, 0.25) is 0 Å². The number of nitrogens with zero attached hydrogens (tertiary/aromatic N) is 2. The average Bonchev–Trinajstić information content (AvgIpc) is 2.84. The molecule has 32 heavy (non-hydrogen) atoms. The van der Waals surface area contributed by atoms with Crippen LogP contribution in [0.1, 0.15) is 58.4 Å². The normalized spacial score (nSPS) is 19.0. The third-order valence-corrected chi connectivity index (χ3v) is 6.46. The van der Waals surface area contributed by atoms with E-state index in [2.05, 4.69) is 0 Å². The van der Waals surface area contributed by atoms with Crippen LogP contribution < -0.4 is 4.74 Å². The molecule has 0 spiro atoms. The Morgan fingerprint density at radius 1 is 0.906 bits per heavy atom. The number of piperidine rings is 2. The summed E-state index contributed by atoms with van der Waals surface area (Å²) in [5.74, 6) is 0.552. The van der Waals surface area contributed by atoms with Crippen molar-refractivity contribution in [2.45, 2.75) is 39.0 Å². The van der Waals surface area contributed by atoms with Crippen molar-refractivity contribution in [3.8, 4) is 5.75 Å². The van der Waals surface area contributed by atoms with Crippen molar-refractivity contribution in [2.75, 3.05) is 32.8 Å². The second-order valence-corrected chi connectivity index (χ2v) is 8.91. The molecule has 5 nitrogen and oxygen atoms in total. The van der Waals surface area contributed by atoms with Gasteiger partial charge < -0.3 is 14.5 Å². The Balaban J connectivity index is 1.30. The van der Waals surface area contributed by atoms with Crippen LogP contribution in [-0.4, -0.2) is 54.4 Å². The molecule has 6 heteroatoms. The molecule has 1 atom stereocenters. The lowest BCUT2D eigenvalue weighted by Crippen LogP contribution is -2.41. The van der Waals surface area contributed by atoms with Gasteiger partial charge in [-0.15, -0.1) is 0 Å². The van der Waals surface area contributed by atoms with E-state index in [9.17, 15) is 14.0 Å². The Morgan fingerprint density at radius 3 is 2.28 bits per heavy atom. The van der Waals surface area contributed by atoms with E-state index in [0.29, 0.717) is 36.4 Å². The molecular formula is C26H31FN2O3. The lowest BCUT2D eigenvalue weighted by atomic mass is 9.98. The first kappa shape index (κ1) is 22.3. The van der Waals surface area contributed by atoms with Crippen LogP contribution in [-0.2, 0) is 0 Å². The summed E-state index contributed by atoms with van der Waals surface area (Å²) in [5.41, 5.74) is 1.62. The molecule has 0 radical (unpaired) electrons. The van der Waals surface area contributed by atoms with Gasteiger partial charge in [0, 0.05) is 43.2 Å². The summed E-state index contributed by atoms with van der Waals surface area (Å²) in [6.45, 7) is 5.14. The van der Waals surface area contributed by atoms with Gasteiger partial charge in [-0.3, -0.25) is 9.59 Å². The Morgan fingerprint density at radius 2 is 1.56 bits per heavy atom. The number of amides is 2. The fraction of sp³-hybridized carbons (Fsp3) is 0.462. The highest BCUT2D eigenvalue weighted by Crippen LogP contribution is 2.22. The average molecular weight is 439 g/mol. The first-order valence-corrected chi connectivity index (χ1v) is 11.6. The van der Waals surface area contributed by atoms with Crippen LogP contribution in [0.25, 0.3) is 0 Å². The molecule has 2 aliphatic heterocycles. The van der Waals surface area contributed by atoms with Gasteiger partial charge in [0.05, 0.1) is 6.61 Å². The highest BCUT2D eigenvalue weighted by molar-refractivity contribution is 5.95. The van der Waals surface area contributed by atoms with Gasteiger partial charge >= 0.3 is 0 Å².